The standard InChI is InChI=1S/C28H26N6O/c1-16-5-8-21-22(10-16)17(2)35-25-12-20(14-32-28(25)30)27-23(11-19-4-3-9-31-26(19)21)24(13-29)33-34(27)15-18-6-7-18/h3-5,8-10,12,14,17-18H,6-7,11,15H2,1-2H3,(H2,30,32)/t17-/m1/s1. The number of pyridine rings is 2. The van der Waals surface area contributed by atoms with Crippen molar-refractivity contribution >= 4 is 5.82 Å². The second kappa shape index (κ2) is 8.24. The second-order valence-electron chi connectivity index (χ2n) is 9.56. The minimum absolute atomic E-state index is 0.274. The highest BCUT2D eigenvalue weighted by Crippen LogP contribution is 2.40. The third kappa shape index (κ3) is 3.81. The van der Waals surface area contributed by atoms with Crippen LogP contribution >= 0.6 is 0 Å². The van der Waals surface area contributed by atoms with Crippen LogP contribution in [0.5, 0.6) is 5.75 Å². The third-order valence-corrected chi connectivity index (χ3v) is 6.90. The van der Waals surface area contributed by atoms with Crippen molar-refractivity contribution in [1.82, 2.24) is 19.7 Å². The van der Waals surface area contributed by atoms with Gasteiger partial charge in [-0.1, -0.05) is 29.8 Å². The van der Waals surface area contributed by atoms with Crippen LogP contribution in [0.3, 0.4) is 0 Å². The summed E-state index contributed by atoms with van der Waals surface area (Å²) in [5, 5.41) is 14.8. The molecule has 1 aliphatic carbocycles. The van der Waals surface area contributed by atoms with Crippen LogP contribution in [0.1, 0.15) is 53.8 Å². The van der Waals surface area contributed by atoms with E-state index in [1.807, 2.05) is 29.9 Å². The van der Waals surface area contributed by atoms with E-state index in [4.69, 9.17) is 20.6 Å². The van der Waals surface area contributed by atoms with Gasteiger partial charge in [0.2, 0.25) is 0 Å². The van der Waals surface area contributed by atoms with Gasteiger partial charge < -0.3 is 10.5 Å². The van der Waals surface area contributed by atoms with E-state index in [1.165, 1.54) is 12.8 Å². The van der Waals surface area contributed by atoms with Crippen LogP contribution in [0.2, 0.25) is 0 Å². The van der Waals surface area contributed by atoms with Crippen molar-refractivity contribution < 1.29 is 4.74 Å². The molecule has 1 saturated carbocycles. The molecule has 1 fully saturated rings. The van der Waals surface area contributed by atoms with E-state index >= 15 is 0 Å². The van der Waals surface area contributed by atoms with Crippen LogP contribution in [0.25, 0.3) is 22.5 Å². The Kier molecular flexibility index (Phi) is 5.03. The van der Waals surface area contributed by atoms with Crippen molar-refractivity contribution in [3.63, 3.8) is 0 Å². The van der Waals surface area contributed by atoms with Crippen molar-refractivity contribution in [3.05, 3.63) is 76.7 Å². The Morgan fingerprint density at radius 1 is 1.20 bits per heavy atom. The number of ether oxygens (including phenoxy) is 1. The van der Waals surface area contributed by atoms with Gasteiger partial charge in [0.15, 0.2) is 17.3 Å². The van der Waals surface area contributed by atoms with Crippen LogP contribution in [-0.4, -0.2) is 19.7 Å². The smallest absolute Gasteiger partial charge is 0.166 e. The SMILES string of the molecule is Cc1ccc2c(c1)[C@@H](C)Oc1cc(cnc1N)-c1c(c(C#N)nn1CC1CC1)Cc1cccnc1-2. The molecule has 0 amide bonds. The average Bonchev–Trinajstić information content (AvgIpc) is 3.61. The zero-order valence-electron chi connectivity index (χ0n) is 19.8. The summed E-state index contributed by atoms with van der Waals surface area (Å²) in [5.74, 6) is 1.45. The van der Waals surface area contributed by atoms with E-state index < -0.39 is 0 Å². The number of nitriles is 1. The van der Waals surface area contributed by atoms with E-state index in [1.54, 1.807) is 6.20 Å². The van der Waals surface area contributed by atoms with E-state index in [0.717, 1.165) is 51.3 Å². The van der Waals surface area contributed by atoms with E-state index in [9.17, 15) is 5.26 Å². The van der Waals surface area contributed by atoms with E-state index in [-0.39, 0.29) is 6.10 Å². The van der Waals surface area contributed by atoms with Gasteiger partial charge in [0.25, 0.3) is 0 Å². The normalized spacial score (nSPS) is 16.5. The molecule has 0 unspecified atom stereocenters. The molecular weight excluding hydrogens is 436 g/mol. The van der Waals surface area contributed by atoms with Crippen LogP contribution in [0.4, 0.5) is 5.82 Å². The number of hydrogen-bond acceptors (Lipinski definition) is 6. The first-order valence-corrected chi connectivity index (χ1v) is 12.0. The molecule has 6 rings (SSSR count). The predicted molar refractivity (Wildman–Crippen MR) is 134 cm³/mol. The van der Waals surface area contributed by atoms with Crippen LogP contribution in [-0.2, 0) is 13.0 Å². The molecular formula is C28H26N6O. The molecule has 1 atom stereocenters. The van der Waals surface area contributed by atoms with Crippen molar-refractivity contribution in [2.45, 2.75) is 45.8 Å². The summed E-state index contributed by atoms with van der Waals surface area (Å²) >= 11 is 0. The molecule has 3 aromatic heterocycles. The second-order valence-corrected chi connectivity index (χ2v) is 9.56. The highest BCUT2D eigenvalue weighted by Gasteiger charge is 2.29. The predicted octanol–water partition coefficient (Wildman–Crippen LogP) is 5.22. The number of rotatable bonds is 2. The minimum atomic E-state index is -0.274. The fourth-order valence-corrected chi connectivity index (χ4v) is 4.94. The first-order chi connectivity index (χ1) is 17.0. The lowest BCUT2D eigenvalue weighted by Crippen LogP contribution is -2.10. The maximum atomic E-state index is 10.0. The summed E-state index contributed by atoms with van der Waals surface area (Å²) in [4.78, 5) is 9.26. The van der Waals surface area contributed by atoms with Crippen LogP contribution < -0.4 is 10.5 Å². The zero-order chi connectivity index (χ0) is 24.1. The zero-order valence-corrected chi connectivity index (χ0v) is 19.8. The lowest BCUT2D eigenvalue weighted by atomic mass is 9.92. The maximum Gasteiger partial charge on any atom is 0.166 e. The first-order valence-electron chi connectivity index (χ1n) is 12.0. The number of hydrogen-bond donors (Lipinski definition) is 1. The summed E-state index contributed by atoms with van der Waals surface area (Å²) in [7, 11) is 0. The minimum Gasteiger partial charge on any atom is -0.482 e. The molecule has 2 aliphatic rings. The van der Waals surface area contributed by atoms with Crippen molar-refractivity contribution in [3.8, 4) is 34.3 Å². The Labute approximate surface area is 204 Å². The fourth-order valence-electron chi connectivity index (χ4n) is 4.94. The quantitative estimate of drug-likeness (QED) is 0.438. The summed E-state index contributed by atoms with van der Waals surface area (Å²) in [6, 6.07) is 14.6. The molecule has 1 aliphatic heterocycles. The van der Waals surface area contributed by atoms with Gasteiger partial charge in [-0.25, -0.2) is 4.98 Å². The molecule has 2 N–H and O–H groups in total. The van der Waals surface area contributed by atoms with Crippen molar-refractivity contribution in [2.24, 2.45) is 5.92 Å². The number of aryl methyl sites for hydroxylation is 1. The molecule has 4 heterocycles. The van der Waals surface area contributed by atoms with Gasteiger partial charge in [0.05, 0.1) is 11.4 Å². The van der Waals surface area contributed by atoms with Gasteiger partial charge in [0, 0.05) is 47.6 Å². The maximum absolute atomic E-state index is 10.0. The van der Waals surface area contributed by atoms with Crippen LogP contribution in [0.15, 0.2) is 48.8 Å². The summed E-state index contributed by atoms with van der Waals surface area (Å²) < 4.78 is 8.40. The Morgan fingerprint density at radius 3 is 2.86 bits per heavy atom. The Balaban J connectivity index is 1.65. The number of nitrogen functional groups attached to an aromatic ring is 1. The van der Waals surface area contributed by atoms with E-state index in [2.05, 4.69) is 42.2 Å². The van der Waals surface area contributed by atoms with E-state index in [0.29, 0.717) is 29.6 Å². The van der Waals surface area contributed by atoms with Gasteiger partial charge in [-0.05, 0) is 50.3 Å². The fraction of sp³-hybridized carbons (Fsp3) is 0.286. The first kappa shape index (κ1) is 21.4. The summed E-state index contributed by atoms with van der Waals surface area (Å²) in [5.41, 5.74) is 14.4. The molecule has 0 spiro atoms. The highest BCUT2D eigenvalue weighted by atomic mass is 16.5. The van der Waals surface area contributed by atoms with Gasteiger partial charge in [-0.3, -0.25) is 9.67 Å². The van der Waals surface area contributed by atoms with Crippen LogP contribution in [0, 0.1) is 24.2 Å². The van der Waals surface area contributed by atoms with Crippen molar-refractivity contribution in [2.75, 3.05) is 5.73 Å². The molecule has 7 nitrogen and oxygen atoms in total. The lowest BCUT2D eigenvalue weighted by Gasteiger charge is -2.22. The molecule has 4 aromatic rings. The van der Waals surface area contributed by atoms with Gasteiger partial charge in [0.1, 0.15) is 12.2 Å². The molecule has 0 radical (unpaired) electrons. The number of aromatic nitrogens is 4. The average molecular weight is 463 g/mol. The third-order valence-electron chi connectivity index (χ3n) is 6.90. The Bertz CT molecular complexity index is 1490. The Hall–Kier alpha value is -4.18. The molecule has 174 valence electrons. The van der Waals surface area contributed by atoms with Gasteiger partial charge >= 0.3 is 0 Å². The topological polar surface area (TPSA) is 103 Å². The molecule has 7 heteroatoms. The van der Waals surface area contributed by atoms with Gasteiger partial charge in [-0.2, -0.15) is 10.4 Å². The number of fused-ring (bicyclic) bond motifs is 7. The number of benzene rings is 1. The highest BCUT2D eigenvalue weighted by molar-refractivity contribution is 5.73. The number of nitrogens with zero attached hydrogens (tertiary/aromatic N) is 5. The number of nitrogens with two attached hydrogens (primary N) is 1. The lowest BCUT2D eigenvalue weighted by molar-refractivity contribution is 0.228. The molecule has 0 saturated heterocycles. The largest absolute Gasteiger partial charge is 0.482 e. The Morgan fingerprint density at radius 2 is 2.06 bits per heavy atom. The summed E-state index contributed by atoms with van der Waals surface area (Å²) in [6.45, 7) is 4.87. The monoisotopic (exact) mass is 462 g/mol. The van der Waals surface area contributed by atoms with Gasteiger partial charge in [-0.15, -0.1) is 0 Å². The van der Waals surface area contributed by atoms with Crippen molar-refractivity contribution in [1.29, 1.82) is 5.26 Å². The number of anilines is 1. The molecule has 35 heavy (non-hydrogen) atoms. The summed E-state index contributed by atoms with van der Waals surface area (Å²) in [6.07, 6.45) is 6.20. The molecule has 2 bridgehead atoms. The molecule has 1 aromatic carbocycles.